The lowest BCUT2D eigenvalue weighted by atomic mass is 10.1. The van der Waals surface area contributed by atoms with Gasteiger partial charge in [-0.2, -0.15) is 0 Å². The summed E-state index contributed by atoms with van der Waals surface area (Å²) in [7, 11) is 1.59. The molecule has 6 heteroatoms. The van der Waals surface area contributed by atoms with Gasteiger partial charge in [0.2, 0.25) is 5.91 Å². The summed E-state index contributed by atoms with van der Waals surface area (Å²) in [6, 6.07) is 5.64. The number of ether oxygens (including phenoxy) is 1. The minimum atomic E-state index is -0.126. The van der Waals surface area contributed by atoms with Gasteiger partial charge in [-0.15, -0.1) is 0 Å². The van der Waals surface area contributed by atoms with E-state index in [0.29, 0.717) is 23.8 Å². The summed E-state index contributed by atoms with van der Waals surface area (Å²) < 4.78 is 5.24. The summed E-state index contributed by atoms with van der Waals surface area (Å²) in [4.78, 5) is 14.1. The Kier molecular flexibility index (Phi) is 4.57. The van der Waals surface area contributed by atoms with E-state index in [1.807, 2.05) is 25.1 Å². The number of hydrogen-bond acceptors (Lipinski definition) is 4. The molecule has 1 aliphatic heterocycles. The van der Waals surface area contributed by atoms with Crippen LogP contribution in [0.3, 0.4) is 0 Å². The Morgan fingerprint density at radius 2 is 2.35 bits per heavy atom. The molecular weight excluding hydrogens is 274 g/mol. The first-order valence-electron chi connectivity index (χ1n) is 6.51. The van der Waals surface area contributed by atoms with E-state index in [0.717, 1.165) is 17.7 Å². The third-order valence-corrected chi connectivity index (χ3v) is 3.76. The van der Waals surface area contributed by atoms with Crippen LogP contribution in [0.1, 0.15) is 18.1 Å². The summed E-state index contributed by atoms with van der Waals surface area (Å²) in [6.07, 6.45) is 0. The highest BCUT2D eigenvalue weighted by atomic mass is 32.1. The van der Waals surface area contributed by atoms with Crippen LogP contribution in [0, 0.1) is 0 Å². The second-order valence-electron chi connectivity index (χ2n) is 4.84. The number of nitrogens with one attached hydrogen (secondary N) is 1. The number of nitrogens with zero attached hydrogens (tertiary/aromatic N) is 1. The number of carbonyl (C=O) groups is 1. The van der Waals surface area contributed by atoms with E-state index in [1.54, 1.807) is 7.11 Å². The molecule has 0 saturated carbocycles. The summed E-state index contributed by atoms with van der Waals surface area (Å²) in [5.74, 6) is 0.741. The molecule has 0 aromatic heterocycles. The van der Waals surface area contributed by atoms with Gasteiger partial charge in [-0.1, -0.05) is 18.3 Å². The average molecular weight is 293 g/mol. The minimum Gasteiger partial charge on any atom is -0.496 e. The van der Waals surface area contributed by atoms with Gasteiger partial charge in [0.1, 0.15) is 10.7 Å². The quantitative estimate of drug-likeness (QED) is 0.798. The molecule has 108 valence electrons. The van der Waals surface area contributed by atoms with Crippen molar-refractivity contribution in [2.75, 3.05) is 20.2 Å². The largest absolute Gasteiger partial charge is 0.496 e. The topological polar surface area (TPSA) is 67.6 Å². The molecular formula is C14H19N3O2S. The number of methoxy groups -OCH3 is 1. The molecule has 3 N–H and O–H groups in total. The Balaban J connectivity index is 2.19. The van der Waals surface area contributed by atoms with Crippen LogP contribution in [0.25, 0.3) is 0 Å². The normalized spacial score (nSPS) is 19.5. The predicted molar refractivity (Wildman–Crippen MR) is 81.8 cm³/mol. The van der Waals surface area contributed by atoms with E-state index in [9.17, 15) is 4.79 Å². The Bertz CT molecular complexity index is 533. The molecule has 0 radical (unpaired) electrons. The van der Waals surface area contributed by atoms with Gasteiger partial charge >= 0.3 is 0 Å². The fraction of sp³-hybridized carbons (Fsp3) is 0.429. The van der Waals surface area contributed by atoms with Gasteiger partial charge in [0.05, 0.1) is 18.7 Å². The number of nitrogens with two attached hydrogens (primary N) is 1. The SMILES string of the molecule is COc1ccc(CN2CCNC(=O)C2C)cc1C(N)=S. The molecule has 1 aromatic rings. The molecule has 1 amide bonds. The van der Waals surface area contributed by atoms with Crippen molar-refractivity contribution in [3.05, 3.63) is 29.3 Å². The third kappa shape index (κ3) is 3.08. The molecule has 1 aliphatic rings. The number of amides is 1. The molecule has 1 heterocycles. The zero-order valence-electron chi connectivity index (χ0n) is 11.7. The first-order chi connectivity index (χ1) is 9.52. The number of piperazine rings is 1. The third-order valence-electron chi connectivity index (χ3n) is 3.54. The maximum atomic E-state index is 11.7. The summed E-state index contributed by atoms with van der Waals surface area (Å²) in [5.41, 5.74) is 7.51. The van der Waals surface area contributed by atoms with Gasteiger partial charge < -0.3 is 15.8 Å². The zero-order valence-corrected chi connectivity index (χ0v) is 12.5. The molecule has 1 fully saturated rings. The van der Waals surface area contributed by atoms with Crippen LogP contribution in [0.2, 0.25) is 0 Å². The van der Waals surface area contributed by atoms with Crippen molar-refractivity contribution in [1.29, 1.82) is 0 Å². The highest BCUT2D eigenvalue weighted by Crippen LogP contribution is 2.21. The second-order valence-corrected chi connectivity index (χ2v) is 5.28. The monoisotopic (exact) mass is 293 g/mol. The lowest BCUT2D eigenvalue weighted by Crippen LogP contribution is -2.53. The Labute approximate surface area is 124 Å². The van der Waals surface area contributed by atoms with Crippen molar-refractivity contribution >= 4 is 23.1 Å². The molecule has 2 rings (SSSR count). The molecule has 1 atom stereocenters. The van der Waals surface area contributed by atoms with Crippen LogP contribution in [0.15, 0.2) is 18.2 Å². The van der Waals surface area contributed by atoms with Gasteiger partial charge in [0.15, 0.2) is 0 Å². The van der Waals surface area contributed by atoms with Crippen LogP contribution in [-0.2, 0) is 11.3 Å². The summed E-state index contributed by atoms with van der Waals surface area (Å²) >= 11 is 5.04. The van der Waals surface area contributed by atoms with E-state index in [4.69, 9.17) is 22.7 Å². The average Bonchev–Trinajstić information content (AvgIpc) is 2.43. The van der Waals surface area contributed by atoms with Crippen molar-refractivity contribution in [1.82, 2.24) is 10.2 Å². The number of hydrogen-bond donors (Lipinski definition) is 2. The van der Waals surface area contributed by atoms with Crippen molar-refractivity contribution in [3.63, 3.8) is 0 Å². The molecule has 1 unspecified atom stereocenters. The number of rotatable bonds is 4. The number of benzene rings is 1. The fourth-order valence-corrected chi connectivity index (χ4v) is 2.49. The van der Waals surface area contributed by atoms with Crippen molar-refractivity contribution in [2.24, 2.45) is 5.73 Å². The first kappa shape index (κ1) is 14.7. The number of carbonyl (C=O) groups excluding carboxylic acids is 1. The van der Waals surface area contributed by atoms with E-state index in [-0.39, 0.29) is 11.9 Å². The van der Waals surface area contributed by atoms with Crippen LogP contribution in [0.4, 0.5) is 0 Å². The summed E-state index contributed by atoms with van der Waals surface area (Å²) in [5, 5.41) is 2.85. The smallest absolute Gasteiger partial charge is 0.237 e. The highest BCUT2D eigenvalue weighted by Gasteiger charge is 2.25. The maximum Gasteiger partial charge on any atom is 0.237 e. The lowest BCUT2D eigenvalue weighted by molar-refractivity contribution is -0.128. The van der Waals surface area contributed by atoms with Gasteiger partial charge in [-0.3, -0.25) is 9.69 Å². The van der Waals surface area contributed by atoms with Gasteiger partial charge in [-0.25, -0.2) is 0 Å². The highest BCUT2D eigenvalue weighted by molar-refractivity contribution is 7.80. The van der Waals surface area contributed by atoms with Gasteiger partial charge in [0.25, 0.3) is 0 Å². The molecule has 5 nitrogen and oxygen atoms in total. The van der Waals surface area contributed by atoms with Crippen molar-refractivity contribution in [3.8, 4) is 5.75 Å². The standard InChI is InChI=1S/C14H19N3O2S/c1-9-14(18)16-5-6-17(9)8-10-3-4-12(19-2)11(7-10)13(15)20/h3-4,7,9H,5-6,8H2,1-2H3,(H2,15,20)(H,16,18). The fourth-order valence-electron chi connectivity index (χ4n) is 2.33. The maximum absolute atomic E-state index is 11.7. The Morgan fingerprint density at radius 1 is 1.60 bits per heavy atom. The zero-order chi connectivity index (χ0) is 14.7. The van der Waals surface area contributed by atoms with Crippen LogP contribution in [-0.4, -0.2) is 42.0 Å². The molecule has 20 heavy (non-hydrogen) atoms. The molecule has 1 aromatic carbocycles. The van der Waals surface area contributed by atoms with Crippen molar-refractivity contribution < 1.29 is 9.53 Å². The van der Waals surface area contributed by atoms with Gasteiger partial charge in [-0.05, 0) is 24.6 Å². The molecule has 0 spiro atoms. The molecule has 0 bridgehead atoms. The van der Waals surface area contributed by atoms with Crippen LogP contribution >= 0.6 is 12.2 Å². The molecule has 1 saturated heterocycles. The van der Waals surface area contributed by atoms with Gasteiger partial charge in [0, 0.05) is 19.6 Å². The lowest BCUT2D eigenvalue weighted by Gasteiger charge is -2.32. The Morgan fingerprint density at radius 3 is 3.00 bits per heavy atom. The second kappa shape index (κ2) is 6.19. The van der Waals surface area contributed by atoms with E-state index < -0.39 is 0 Å². The van der Waals surface area contributed by atoms with E-state index >= 15 is 0 Å². The van der Waals surface area contributed by atoms with Crippen molar-refractivity contribution in [2.45, 2.75) is 19.5 Å². The summed E-state index contributed by atoms with van der Waals surface area (Å²) in [6.45, 7) is 4.11. The van der Waals surface area contributed by atoms with Crippen LogP contribution < -0.4 is 15.8 Å². The minimum absolute atomic E-state index is 0.0688. The van der Waals surface area contributed by atoms with E-state index in [2.05, 4.69) is 10.2 Å². The molecule has 0 aliphatic carbocycles. The van der Waals surface area contributed by atoms with Crippen LogP contribution in [0.5, 0.6) is 5.75 Å². The predicted octanol–water partition coefficient (Wildman–Crippen LogP) is 0.650. The Hall–Kier alpha value is -1.66. The van der Waals surface area contributed by atoms with E-state index in [1.165, 1.54) is 0 Å². The first-order valence-corrected chi connectivity index (χ1v) is 6.92. The number of thiocarbonyl (C=S) groups is 1.